The number of rotatable bonds is 5. The van der Waals surface area contributed by atoms with E-state index >= 15 is 0 Å². The number of hydrogen-bond acceptors (Lipinski definition) is 6. The fraction of sp³-hybridized carbons (Fsp3) is 0.588. The van der Waals surface area contributed by atoms with Crippen LogP contribution in [0.1, 0.15) is 45.3 Å². The van der Waals surface area contributed by atoms with Gasteiger partial charge in [-0.1, -0.05) is 4.49 Å². The van der Waals surface area contributed by atoms with Gasteiger partial charge in [-0.15, -0.1) is 5.10 Å². The van der Waals surface area contributed by atoms with E-state index in [0.29, 0.717) is 16.5 Å². The van der Waals surface area contributed by atoms with Crippen molar-refractivity contribution in [2.75, 3.05) is 19.6 Å². The predicted molar refractivity (Wildman–Crippen MR) is 93.2 cm³/mol. The van der Waals surface area contributed by atoms with Gasteiger partial charge in [0, 0.05) is 18.7 Å². The van der Waals surface area contributed by atoms with Gasteiger partial charge in [-0.2, -0.15) is 0 Å². The van der Waals surface area contributed by atoms with E-state index in [9.17, 15) is 4.79 Å². The second-order valence-corrected chi connectivity index (χ2v) is 7.31. The molecule has 7 heteroatoms. The third kappa shape index (κ3) is 4.02. The van der Waals surface area contributed by atoms with Crippen LogP contribution in [0.25, 0.3) is 0 Å². The molecule has 1 fully saturated rings. The highest BCUT2D eigenvalue weighted by molar-refractivity contribution is 7.07. The van der Waals surface area contributed by atoms with Gasteiger partial charge in [0.25, 0.3) is 5.91 Å². The van der Waals surface area contributed by atoms with Crippen molar-refractivity contribution in [3.63, 3.8) is 0 Å². The van der Waals surface area contributed by atoms with Gasteiger partial charge >= 0.3 is 0 Å². The number of piperidine rings is 1. The second-order valence-electron chi connectivity index (χ2n) is 6.56. The number of aromatic nitrogens is 2. The summed E-state index contributed by atoms with van der Waals surface area (Å²) in [5, 5.41) is 6.91. The molecule has 130 valence electrons. The summed E-state index contributed by atoms with van der Waals surface area (Å²) < 4.78 is 9.42. The first kappa shape index (κ1) is 17.1. The molecule has 0 radical (unpaired) electrons. The highest BCUT2D eigenvalue weighted by Crippen LogP contribution is 2.21. The van der Waals surface area contributed by atoms with Crippen LogP contribution in [0.15, 0.2) is 10.5 Å². The number of amides is 1. The summed E-state index contributed by atoms with van der Waals surface area (Å²) in [4.78, 5) is 15.2. The first-order valence-electron chi connectivity index (χ1n) is 8.38. The molecule has 1 aliphatic heterocycles. The Morgan fingerprint density at radius 3 is 2.71 bits per heavy atom. The Balaban J connectivity index is 1.43. The van der Waals surface area contributed by atoms with Gasteiger partial charge in [0.05, 0.1) is 5.69 Å². The zero-order chi connectivity index (χ0) is 17.1. The van der Waals surface area contributed by atoms with Crippen molar-refractivity contribution in [2.45, 2.75) is 40.2 Å². The molecule has 24 heavy (non-hydrogen) atoms. The molecular weight excluding hydrogens is 324 g/mol. The fourth-order valence-corrected chi connectivity index (χ4v) is 3.76. The van der Waals surface area contributed by atoms with Gasteiger partial charge in [0.15, 0.2) is 0 Å². The van der Waals surface area contributed by atoms with Gasteiger partial charge in [-0.05, 0) is 70.2 Å². The van der Waals surface area contributed by atoms with Crippen molar-refractivity contribution in [3.8, 4) is 0 Å². The lowest BCUT2D eigenvalue weighted by Crippen LogP contribution is -2.38. The zero-order valence-electron chi connectivity index (χ0n) is 14.5. The fourth-order valence-electron chi connectivity index (χ4n) is 3.19. The number of furan rings is 1. The van der Waals surface area contributed by atoms with Crippen LogP contribution in [-0.2, 0) is 6.54 Å². The minimum atomic E-state index is -0.0468. The molecule has 0 bridgehead atoms. The van der Waals surface area contributed by atoms with Crippen molar-refractivity contribution in [3.05, 3.63) is 33.7 Å². The molecule has 1 saturated heterocycles. The largest absolute Gasteiger partial charge is 0.466 e. The molecule has 1 amide bonds. The summed E-state index contributed by atoms with van der Waals surface area (Å²) in [5.41, 5.74) is 1.99. The second kappa shape index (κ2) is 7.44. The van der Waals surface area contributed by atoms with E-state index in [1.54, 1.807) is 0 Å². The van der Waals surface area contributed by atoms with Gasteiger partial charge in [0.1, 0.15) is 16.4 Å². The van der Waals surface area contributed by atoms with Crippen molar-refractivity contribution < 1.29 is 9.21 Å². The third-order valence-corrected chi connectivity index (χ3v) is 5.48. The lowest BCUT2D eigenvalue weighted by molar-refractivity contribution is 0.0938. The van der Waals surface area contributed by atoms with Crippen LogP contribution >= 0.6 is 11.5 Å². The maximum absolute atomic E-state index is 12.1. The van der Waals surface area contributed by atoms with Crippen molar-refractivity contribution in [1.29, 1.82) is 0 Å². The predicted octanol–water partition coefficient (Wildman–Crippen LogP) is 2.70. The van der Waals surface area contributed by atoms with E-state index in [2.05, 4.69) is 25.9 Å². The normalized spacial score (nSPS) is 16.5. The quantitative estimate of drug-likeness (QED) is 0.899. The first-order valence-corrected chi connectivity index (χ1v) is 9.15. The van der Waals surface area contributed by atoms with Gasteiger partial charge < -0.3 is 9.73 Å². The Kier molecular flexibility index (Phi) is 5.30. The van der Waals surface area contributed by atoms with E-state index in [4.69, 9.17) is 4.42 Å². The Labute approximate surface area is 146 Å². The molecule has 0 unspecified atom stereocenters. The highest BCUT2D eigenvalue weighted by Gasteiger charge is 2.22. The smallest absolute Gasteiger partial charge is 0.264 e. The number of aryl methyl sites for hydroxylation is 3. The minimum absolute atomic E-state index is 0.0468. The summed E-state index contributed by atoms with van der Waals surface area (Å²) in [6.07, 6.45) is 2.21. The van der Waals surface area contributed by atoms with Crippen LogP contribution in [0.2, 0.25) is 0 Å². The summed E-state index contributed by atoms with van der Waals surface area (Å²) >= 11 is 1.16. The van der Waals surface area contributed by atoms with Crippen LogP contribution in [-0.4, -0.2) is 40.0 Å². The molecule has 0 saturated carbocycles. The average Bonchev–Trinajstić information content (AvgIpc) is 3.12. The molecule has 2 aromatic rings. The SMILES string of the molecule is Cc1cc(CN2CCC(CNC(=O)c3snnc3C)CC2)c(C)o1. The molecule has 0 spiro atoms. The minimum Gasteiger partial charge on any atom is -0.466 e. The van der Waals surface area contributed by atoms with Crippen LogP contribution in [0, 0.1) is 26.7 Å². The number of hydrogen-bond donors (Lipinski definition) is 1. The molecule has 0 aliphatic carbocycles. The van der Waals surface area contributed by atoms with E-state index in [0.717, 1.165) is 62.1 Å². The highest BCUT2D eigenvalue weighted by atomic mass is 32.1. The van der Waals surface area contributed by atoms with E-state index < -0.39 is 0 Å². The molecular formula is C17H24N4O2S. The van der Waals surface area contributed by atoms with Crippen LogP contribution in [0.3, 0.4) is 0 Å². The molecule has 6 nitrogen and oxygen atoms in total. The maximum Gasteiger partial charge on any atom is 0.264 e. The number of likely N-dealkylation sites (tertiary alicyclic amines) is 1. The Hall–Kier alpha value is -1.73. The lowest BCUT2D eigenvalue weighted by Gasteiger charge is -2.31. The Morgan fingerprint density at radius 1 is 1.38 bits per heavy atom. The van der Waals surface area contributed by atoms with Crippen molar-refractivity contribution in [2.24, 2.45) is 5.92 Å². The number of carbonyl (C=O) groups is 1. The molecule has 1 N–H and O–H groups in total. The zero-order valence-corrected chi connectivity index (χ0v) is 15.3. The maximum atomic E-state index is 12.1. The first-order chi connectivity index (χ1) is 11.5. The van der Waals surface area contributed by atoms with E-state index in [-0.39, 0.29) is 5.91 Å². The van der Waals surface area contributed by atoms with Gasteiger partial charge in [0.2, 0.25) is 0 Å². The number of nitrogens with zero attached hydrogens (tertiary/aromatic N) is 3. The topological polar surface area (TPSA) is 71.3 Å². The average molecular weight is 348 g/mol. The number of carbonyl (C=O) groups excluding carboxylic acids is 1. The molecule has 1 aliphatic rings. The Morgan fingerprint density at radius 2 is 2.12 bits per heavy atom. The van der Waals surface area contributed by atoms with Crippen LogP contribution in [0.5, 0.6) is 0 Å². The standard InChI is InChI=1S/C17H24N4O2S/c1-11-8-15(13(3)23-11)10-21-6-4-14(5-7-21)9-18-17(22)16-12(2)19-20-24-16/h8,14H,4-7,9-10H2,1-3H3,(H,18,22). The van der Waals surface area contributed by atoms with Gasteiger partial charge in [-0.3, -0.25) is 9.69 Å². The summed E-state index contributed by atoms with van der Waals surface area (Å²) in [6, 6.07) is 2.13. The molecule has 3 heterocycles. The molecule has 2 aromatic heterocycles. The molecule has 3 rings (SSSR count). The van der Waals surface area contributed by atoms with E-state index in [1.807, 2.05) is 20.8 Å². The third-order valence-electron chi connectivity index (χ3n) is 4.65. The summed E-state index contributed by atoms with van der Waals surface area (Å²) in [6.45, 7) is 9.64. The molecule has 0 aromatic carbocycles. The van der Waals surface area contributed by atoms with Crippen LogP contribution < -0.4 is 5.32 Å². The molecule has 0 atom stereocenters. The lowest BCUT2D eigenvalue weighted by atomic mass is 9.96. The summed E-state index contributed by atoms with van der Waals surface area (Å²) in [7, 11) is 0. The number of nitrogens with one attached hydrogen (secondary N) is 1. The summed E-state index contributed by atoms with van der Waals surface area (Å²) in [5.74, 6) is 2.50. The van der Waals surface area contributed by atoms with Crippen LogP contribution in [0.4, 0.5) is 0 Å². The van der Waals surface area contributed by atoms with Crippen molar-refractivity contribution >= 4 is 17.4 Å². The van der Waals surface area contributed by atoms with E-state index in [1.165, 1.54) is 5.56 Å². The van der Waals surface area contributed by atoms with Gasteiger partial charge in [-0.25, -0.2) is 0 Å². The van der Waals surface area contributed by atoms with Crippen molar-refractivity contribution in [1.82, 2.24) is 19.8 Å². The monoisotopic (exact) mass is 348 g/mol. The Bertz CT molecular complexity index is 701.